The number of nitrogens with zero attached hydrogens (tertiary/aromatic N) is 2. The van der Waals surface area contributed by atoms with Gasteiger partial charge in [-0.15, -0.1) is 10.2 Å². The zero-order valence-corrected chi connectivity index (χ0v) is 16.3. The van der Waals surface area contributed by atoms with Crippen molar-refractivity contribution < 1.29 is 4.79 Å². The minimum atomic E-state index is -0.178. The van der Waals surface area contributed by atoms with Crippen molar-refractivity contribution in [3.8, 4) is 10.6 Å². The molecule has 138 valence electrons. The third-order valence-electron chi connectivity index (χ3n) is 3.54. The average Bonchev–Trinajstić information content (AvgIpc) is 3.07. The van der Waals surface area contributed by atoms with Gasteiger partial charge in [0.25, 0.3) is 0 Å². The zero-order valence-electron chi connectivity index (χ0n) is 14.0. The number of rotatable bonds is 5. The molecule has 1 heterocycles. The smallest absolute Gasteiger partial charge is 0.221 e. The summed E-state index contributed by atoms with van der Waals surface area (Å²) in [6, 6.07) is 8.49. The van der Waals surface area contributed by atoms with Crippen molar-refractivity contribution in [1.82, 2.24) is 10.2 Å². The van der Waals surface area contributed by atoms with Gasteiger partial charge in [-0.1, -0.05) is 34.5 Å². The normalized spacial score (nSPS) is 10.5. The fourth-order valence-corrected chi connectivity index (χ4v) is 3.64. The third kappa shape index (κ3) is 4.19. The summed E-state index contributed by atoms with van der Waals surface area (Å²) >= 11 is 13.8. The van der Waals surface area contributed by atoms with Crippen LogP contribution in [-0.2, 0) is 4.79 Å². The molecule has 27 heavy (non-hydrogen) atoms. The Bertz CT molecular complexity index is 1040. The molecule has 3 rings (SSSR count). The Morgan fingerprint density at radius 1 is 1.26 bits per heavy atom. The molecule has 0 saturated heterocycles. The molecule has 7 nitrogen and oxygen atoms in total. The van der Waals surface area contributed by atoms with E-state index in [1.165, 1.54) is 18.3 Å². The first-order chi connectivity index (χ1) is 12.9. The first-order valence-corrected chi connectivity index (χ1v) is 9.22. The monoisotopic (exact) mass is 420 g/mol. The van der Waals surface area contributed by atoms with Gasteiger partial charge in [0.15, 0.2) is 5.01 Å². The summed E-state index contributed by atoms with van der Waals surface area (Å²) in [6.45, 7) is 1.43. The van der Waals surface area contributed by atoms with Crippen LogP contribution in [0.3, 0.4) is 0 Å². The maximum atomic E-state index is 11.2. The molecule has 0 aliphatic heterocycles. The Hall–Kier alpha value is -2.68. The van der Waals surface area contributed by atoms with Crippen molar-refractivity contribution >= 4 is 68.9 Å². The SMILES string of the molecule is CC(=O)Nc1ccc(Cl)c(-c2nnc(Nc3ccc(N)c(C=N)c3Cl)s2)c1. The van der Waals surface area contributed by atoms with Gasteiger partial charge in [0.05, 0.1) is 15.7 Å². The van der Waals surface area contributed by atoms with Crippen molar-refractivity contribution in [2.24, 2.45) is 0 Å². The van der Waals surface area contributed by atoms with Crippen LogP contribution in [0.1, 0.15) is 12.5 Å². The van der Waals surface area contributed by atoms with E-state index in [-0.39, 0.29) is 5.91 Å². The van der Waals surface area contributed by atoms with Gasteiger partial charge < -0.3 is 21.8 Å². The number of aromatic nitrogens is 2. The van der Waals surface area contributed by atoms with E-state index in [2.05, 4.69) is 20.8 Å². The number of amides is 1. The minimum Gasteiger partial charge on any atom is -0.398 e. The number of carbonyl (C=O) groups excluding carboxylic acids is 1. The van der Waals surface area contributed by atoms with E-state index in [9.17, 15) is 4.79 Å². The fourth-order valence-electron chi connectivity index (χ4n) is 2.32. The number of hydrogen-bond donors (Lipinski definition) is 4. The Kier molecular flexibility index (Phi) is 5.59. The van der Waals surface area contributed by atoms with E-state index in [0.717, 1.165) is 6.21 Å². The van der Waals surface area contributed by atoms with Gasteiger partial charge >= 0.3 is 0 Å². The lowest BCUT2D eigenvalue weighted by molar-refractivity contribution is -0.114. The molecule has 1 amide bonds. The highest BCUT2D eigenvalue weighted by atomic mass is 35.5. The highest BCUT2D eigenvalue weighted by molar-refractivity contribution is 7.18. The standard InChI is InChI=1S/C17H14Cl2N6OS/c1-8(26)22-9-2-3-12(18)10(6-9)16-24-25-17(27-16)23-14-5-4-13(21)11(7-20)15(14)19/h2-7,20H,21H2,1H3,(H,22,26)(H,23,25). The second kappa shape index (κ2) is 7.91. The molecular formula is C17H14Cl2N6OS. The summed E-state index contributed by atoms with van der Waals surface area (Å²) in [5.74, 6) is -0.178. The van der Waals surface area contributed by atoms with Crippen LogP contribution in [-0.4, -0.2) is 22.3 Å². The summed E-state index contributed by atoms with van der Waals surface area (Å²) in [5.41, 5.74) is 8.48. The number of nitrogen functional groups attached to an aromatic ring is 1. The molecule has 5 N–H and O–H groups in total. The van der Waals surface area contributed by atoms with Crippen molar-refractivity contribution in [3.63, 3.8) is 0 Å². The number of hydrogen-bond acceptors (Lipinski definition) is 7. The van der Waals surface area contributed by atoms with Crippen LogP contribution < -0.4 is 16.4 Å². The molecule has 0 aliphatic rings. The van der Waals surface area contributed by atoms with Gasteiger partial charge in [0.2, 0.25) is 11.0 Å². The van der Waals surface area contributed by atoms with E-state index in [1.54, 1.807) is 30.3 Å². The fraction of sp³-hybridized carbons (Fsp3) is 0.0588. The van der Waals surface area contributed by atoms with E-state index in [1.807, 2.05) is 0 Å². The van der Waals surface area contributed by atoms with Crippen LogP contribution in [0.2, 0.25) is 10.0 Å². The van der Waals surface area contributed by atoms with E-state index < -0.39 is 0 Å². The first-order valence-electron chi connectivity index (χ1n) is 7.65. The van der Waals surface area contributed by atoms with Gasteiger partial charge in [-0.2, -0.15) is 0 Å². The number of nitrogens with two attached hydrogens (primary N) is 1. The molecule has 0 bridgehead atoms. The molecule has 2 aromatic carbocycles. The molecule has 0 radical (unpaired) electrons. The van der Waals surface area contributed by atoms with Gasteiger partial charge in [-0.05, 0) is 30.3 Å². The first kappa shape index (κ1) is 19.1. The number of anilines is 4. The number of carbonyl (C=O) groups is 1. The summed E-state index contributed by atoms with van der Waals surface area (Å²) < 4.78 is 0. The Morgan fingerprint density at radius 2 is 2.04 bits per heavy atom. The minimum absolute atomic E-state index is 0.178. The molecular weight excluding hydrogens is 407 g/mol. The second-order valence-corrected chi connectivity index (χ2v) is 7.25. The number of halogens is 2. The van der Waals surface area contributed by atoms with Crippen molar-refractivity contribution in [3.05, 3.63) is 45.9 Å². The summed E-state index contributed by atoms with van der Waals surface area (Å²) in [4.78, 5) is 11.2. The Balaban J connectivity index is 1.90. The van der Waals surface area contributed by atoms with Crippen LogP contribution in [0, 0.1) is 5.41 Å². The topological polar surface area (TPSA) is 117 Å². The van der Waals surface area contributed by atoms with Crippen molar-refractivity contribution in [2.45, 2.75) is 6.92 Å². The third-order valence-corrected chi connectivity index (χ3v) is 5.15. The maximum Gasteiger partial charge on any atom is 0.221 e. The lowest BCUT2D eigenvalue weighted by Crippen LogP contribution is -2.05. The largest absolute Gasteiger partial charge is 0.398 e. The van der Waals surface area contributed by atoms with E-state index in [4.69, 9.17) is 34.3 Å². The van der Waals surface area contributed by atoms with Crippen molar-refractivity contribution in [2.75, 3.05) is 16.4 Å². The van der Waals surface area contributed by atoms with Crippen LogP contribution in [0.4, 0.5) is 22.2 Å². The molecule has 1 aromatic heterocycles. The van der Waals surface area contributed by atoms with Crippen molar-refractivity contribution in [1.29, 1.82) is 5.41 Å². The molecule has 0 saturated carbocycles. The number of benzene rings is 2. The van der Waals surface area contributed by atoms with Crippen LogP contribution in [0.5, 0.6) is 0 Å². The Labute approximate surface area is 169 Å². The van der Waals surface area contributed by atoms with E-state index in [0.29, 0.717) is 48.4 Å². The second-order valence-electron chi connectivity index (χ2n) is 5.49. The summed E-state index contributed by atoms with van der Waals surface area (Å²) in [6.07, 6.45) is 1.10. The molecule has 0 spiro atoms. The quantitative estimate of drug-likeness (QED) is 0.349. The van der Waals surface area contributed by atoms with Gasteiger partial charge in [-0.3, -0.25) is 4.79 Å². The molecule has 3 aromatic rings. The van der Waals surface area contributed by atoms with Gasteiger partial charge in [0, 0.05) is 35.6 Å². The highest BCUT2D eigenvalue weighted by Crippen LogP contribution is 2.36. The summed E-state index contributed by atoms with van der Waals surface area (Å²) in [7, 11) is 0. The molecule has 0 aliphatic carbocycles. The molecule has 0 atom stereocenters. The van der Waals surface area contributed by atoms with Gasteiger partial charge in [0.1, 0.15) is 0 Å². The average molecular weight is 421 g/mol. The molecule has 0 fully saturated rings. The molecule has 10 heteroatoms. The predicted octanol–water partition coefficient (Wildman–Crippen LogP) is 4.79. The van der Waals surface area contributed by atoms with E-state index >= 15 is 0 Å². The Morgan fingerprint density at radius 3 is 2.74 bits per heavy atom. The highest BCUT2D eigenvalue weighted by Gasteiger charge is 2.14. The summed E-state index contributed by atoms with van der Waals surface area (Å²) in [5, 5.41) is 23.3. The van der Waals surface area contributed by atoms with Gasteiger partial charge in [-0.25, -0.2) is 0 Å². The maximum absolute atomic E-state index is 11.2. The predicted molar refractivity (Wildman–Crippen MR) is 112 cm³/mol. The van der Waals surface area contributed by atoms with Crippen LogP contribution in [0.25, 0.3) is 10.6 Å². The van der Waals surface area contributed by atoms with Crippen LogP contribution in [0.15, 0.2) is 30.3 Å². The lowest BCUT2D eigenvalue weighted by atomic mass is 10.1. The lowest BCUT2D eigenvalue weighted by Gasteiger charge is -2.09. The molecule has 0 unspecified atom stereocenters. The zero-order chi connectivity index (χ0) is 19.6. The van der Waals surface area contributed by atoms with Crippen LogP contribution >= 0.6 is 34.5 Å². The number of nitrogens with one attached hydrogen (secondary N) is 3.